The zero-order chi connectivity index (χ0) is 12.3. The quantitative estimate of drug-likeness (QED) is 0.769. The lowest BCUT2D eigenvalue weighted by atomic mass is 10.0. The second kappa shape index (κ2) is 4.30. The highest BCUT2D eigenvalue weighted by molar-refractivity contribution is 5.91. The Bertz CT molecular complexity index is 411. The molecule has 7 nitrogen and oxygen atoms in total. The Morgan fingerprint density at radius 3 is 2.56 bits per heavy atom. The van der Waals surface area contributed by atoms with Gasteiger partial charge in [0.05, 0.1) is 6.42 Å². The highest BCUT2D eigenvalue weighted by atomic mass is 16.5. The standard InChI is InChI=1S/C9H13N3O4/c1-5-10-7(12-16-5)8(15)11-9(2,3)4-6(13)14/h4H2,1-3H3,(H,11,15)(H,13,14). The van der Waals surface area contributed by atoms with Crippen molar-refractivity contribution < 1.29 is 19.2 Å². The molecule has 0 aliphatic carbocycles. The van der Waals surface area contributed by atoms with Gasteiger partial charge in [-0.15, -0.1) is 0 Å². The van der Waals surface area contributed by atoms with Crippen LogP contribution in [0.2, 0.25) is 0 Å². The molecule has 0 atom stereocenters. The Morgan fingerprint density at radius 2 is 2.12 bits per heavy atom. The van der Waals surface area contributed by atoms with Crippen molar-refractivity contribution in [1.29, 1.82) is 0 Å². The molecule has 1 heterocycles. The first-order chi connectivity index (χ1) is 7.30. The number of hydrogen-bond acceptors (Lipinski definition) is 5. The molecule has 88 valence electrons. The molecule has 1 aromatic rings. The summed E-state index contributed by atoms with van der Waals surface area (Å²) in [6.07, 6.45) is -0.185. The Balaban J connectivity index is 2.67. The SMILES string of the molecule is Cc1nc(C(=O)NC(C)(C)CC(=O)O)no1. The maximum Gasteiger partial charge on any atom is 0.305 e. The van der Waals surface area contributed by atoms with Gasteiger partial charge in [-0.2, -0.15) is 4.98 Å². The normalized spacial score (nSPS) is 11.2. The Labute approximate surface area is 91.8 Å². The van der Waals surface area contributed by atoms with Crippen LogP contribution in [0.3, 0.4) is 0 Å². The van der Waals surface area contributed by atoms with Crippen LogP contribution in [-0.4, -0.2) is 32.7 Å². The van der Waals surface area contributed by atoms with Crippen LogP contribution in [0.1, 0.15) is 36.8 Å². The first-order valence-electron chi connectivity index (χ1n) is 4.65. The first-order valence-corrected chi connectivity index (χ1v) is 4.65. The summed E-state index contributed by atoms with van der Waals surface area (Å²) in [4.78, 5) is 25.8. The molecule has 1 rings (SSSR count). The summed E-state index contributed by atoms with van der Waals surface area (Å²) in [6.45, 7) is 4.77. The molecular formula is C9H13N3O4. The van der Waals surface area contributed by atoms with Crippen molar-refractivity contribution in [3.63, 3.8) is 0 Å². The van der Waals surface area contributed by atoms with Crippen LogP contribution in [-0.2, 0) is 4.79 Å². The number of aryl methyl sites for hydroxylation is 1. The van der Waals surface area contributed by atoms with Gasteiger partial charge in [-0.1, -0.05) is 5.16 Å². The van der Waals surface area contributed by atoms with Crippen LogP contribution >= 0.6 is 0 Å². The van der Waals surface area contributed by atoms with E-state index in [1.807, 2.05) is 0 Å². The molecule has 0 unspecified atom stereocenters. The molecule has 0 spiro atoms. The number of amides is 1. The minimum absolute atomic E-state index is 0.101. The first kappa shape index (κ1) is 12.2. The number of nitrogens with zero attached hydrogens (tertiary/aromatic N) is 2. The molecule has 1 aromatic heterocycles. The van der Waals surface area contributed by atoms with Crippen molar-refractivity contribution in [2.75, 3.05) is 0 Å². The Morgan fingerprint density at radius 1 is 1.50 bits per heavy atom. The zero-order valence-corrected chi connectivity index (χ0v) is 9.27. The number of carboxylic acid groups (broad SMARTS) is 1. The van der Waals surface area contributed by atoms with Crippen molar-refractivity contribution >= 4 is 11.9 Å². The van der Waals surface area contributed by atoms with Gasteiger partial charge >= 0.3 is 5.97 Å². The predicted octanol–water partition coefficient (Wildman–Crippen LogP) is 0.361. The van der Waals surface area contributed by atoms with E-state index < -0.39 is 17.4 Å². The van der Waals surface area contributed by atoms with Crippen LogP contribution in [0.25, 0.3) is 0 Å². The lowest BCUT2D eigenvalue weighted by Crippen LogP contribution is -2.45. The summed E-state index contributed by atoms with van der Waals surface area (Å²) in [5.74, 6) is -1.37. The van der Waals surface area contributed by atoms with E-state index >= 15 is 0 Å². The molecule has 0 aliphatic rings. The monoisotopic (exact) mass is 227 g/mol. The second-order valence-corrected chi connectivity index (χ2v) is 4.05. The van der Waals surface area contributed by atoms with Crippen molar-refractivity contribution in [2.45, 2.75) is 32.7 Å². The average molecular weight is 227 g/mol. The van der Waals surface area contributed by atoms with Crippen molar-refractivity contribution in [3.8, 4) is 0 Å². The highest BCUT2D eigenvalue weighted by Crippen LogP contribution is 2.09. The lowest BCUT2D eigenvalue weighted by molar-refractivity contribution is -0.138. The Hall–Kier alpha value is -1.92. The fraction of sp³-hybridized carbons (Fsp3) is 0.556. The van der Waals surface area contributed by atoms with Crippen LogP contribution in [0.4, 0.5) is 0 Å². The average Bonchev–Trinajstić information content (AvgIpc) is 2.47. The van der Waals surface area contributed by atoms with E-state index in [0.717, 1.165) is 0 Å². The molecule has 2 N–H and O–H groups in total. The summed E-state index contributed by atoms with van der Waals surface area (Å²) in [7, 11) is 0. The van der Waals surface area contributed by atoms with Crippen LogP contribution < -0.4 is 5.32 Å². The van der Waals surface area contributed by atoms with Gasteiger partial charge in [-0.3, -0.25) is 9.59 Å². The highest BCUT2D eigenvalue weighted by Gasteiger charge is 2.26. The van der Waals surface area contributed by atoms with Gasteiger partial charge in [0.1, 0.15) is 0 Å². The lowest BCUT2D eigenvalue weighted by Gasteiger charge is -2.23. The molecule has 0 aliphatic heterocycles. The summed E-state index contributed by atoms with van der Waals surface area (Å²) in [5, 5.41) is 14.6. The third-order valence-corrected chi connectivity index (χ3v) is 1.78. The summed E-state index contributed by atoms with van der Waals surface area (Å²) >= 11 is 0. The van der Waals surface area contributed by atoms with E-state index in [9.17, 15) is 9.59 Å². The molecule has 7 heteroatoms. The topological polar surface area (TPSA) is 105 Å². The number of carbonyl (C=O) groups excluding carboxylic acids is 1. The van der Waals surface area contributed by atoms with E-state index in [1.165, 1.54) is 0 Å². The third kappa shape index (κ3) is 3.34. The third-order valence-electron chi connectivity index (χ3n) is 1.78. The molecule has 16 heavy (non-hydrogen) atoms. The van der Waals surface area contributed by atoms with Crippen LogP contribution in [0.15, 0.2) is 4.52 Å². The van der Waals surface area contributed by atoms with E-state index in [1.54, 1.807) is 20.8 Å². The van der Waals surface area contributed by atoms with Gasteiger partial charge in [0.15, 0.2) is 0 Å². The number of nitrogens with one attached hydrogen (secondary N) is 1. The molecule has 0 aromatic carbocycles. The number of carbonyl (C=O) groups is 2. The molecule has 1 amide bonds. The van der Waals surface area contributed by atoms with E-state index in [2.05, 4.69) is 20.0 Å². The maximum atomic E-state index is 11.6. The summed E-state index contributed by atoms with van der Waals surface area (Å²) < 4.78 is 4.64. The molecule has 0 radical (unpaired) electrons. The number of aliphatic carboxylic acids is 1. The molecule has 0 bridgehead atoms. The molecule has 0 saturated heterocycles. The van der Waals surface area contributed by atoms with E-state index in [4.69, 9.17) is 5.11 Å². The van der Waals surface area contributed by atoms with Crippen molar-refractivity contribution in [1.82, 2.24) is 15.5 Å². The van der Waals surface area contributed by atoms with Crippen molar-refractivity contribution in [3.05, 3.63) is 11.7 Å². The fourth-order valence-electron chi connectivity index (χ4n) is 1.18. The number of aromatic nitrogens is 2. The summed E-state index contributed by atoms with van der Waals surface area (Å²) in [6, 6.07) is 0. The summed E-state index contributed by atoms with van der Waals surface area (Å²) in [5.41, 5.74) is -0.864. The van der Waals surface area contributed by atoms with E-state index in [-0.39, 0.29) is 18.1 Å². The van der Waals surface area contributed by atoms with Crippen LogP contribution in [0, 0.1) is 6.92 Å². The van der Waals surface area contributed by atoms with Gasteiger partial charge < -0.3 is 14.9 Å². The number of rotatable bonds is 4. The molecule has 0 saturated carbocycles. The minimum atomic E-state index is -0.991. The second-order valence-electron chi connectivity index (χ2n) is 4.05. The molecular weight excluding hydrogens is 214 g/mol. The fourth-order valence-corrected chi connectivity index (χ4v) is 1.18. The van der Waals surface area contributed by atoms with Gasteiger partial charge in [0.25, 0.3) is 11.7 Å². The largest absolute Gasteiger partial charge is 0.481 e. The van der Waals surface area contributed by atoms with Crippen LogP contribution in [0.5, 0.6) is 0 Å². The maximum absolute atomic E-state index is 11.6. The van der Waals surface area contributed by atoms with Crippen molar-refractivity contribution in [2.24, 2.45) is 0 Å². The molecule has 0 fully saturated rings. The van der Waals surface area contributed by atoms with Gasteiger partial charge in [0, 0.05) is 12.5 Å². The Kier molecular flexibility index (Phi) is 3.26. The number of carboxylic acids is 1. The number of hydrogen-bond donors (Lipinski definition) is 2. The van der Waals surface area contributed by atoms with Gasteiger partial charge in [-0.25, -0.2) is 0 Å². The zero-order valence-electron chi connectivity index (χ0n) is 9.27. The minimum Gasteiger partial charge on any atom is -0.481 e. The predicted molar refractivity (Wildman–Crippen MR) is 52.8 cm³/mol. The van der Waals surface area contributed by atoms with E-state index in [0.29, 0.717) is 0 Å². The van der Waals surface area contributed by atoms with Gasteiger partial charge in [-0.05, 0) is 13.8 Å². The van der Waals surface area contributed by atoms with Gasteiger partial charge in [0.2, 0.25) is 5.89 Å². The smallest absolute Gasteiger partial charge is 0.305 e.